The van der Waals surface area contributed by atoms with Crippen molar-refractivity contribution in [2.75, 3.05) is 0 Å². The average Bonchev–Trinajstić information content (AvgIpc) is 3.74. The number of hydrogen-bond acceptors (Lipinski definition) is 2. The topological polar surface area (TPSA) is 40.1 Å². The molecule has 0 N–H and O–H groups in total. The third-order valence-electron chi connectivity index (χ3n) is 10.7. The second kappa shape index (κ2) is 11.4. The van der Waals surface area contributed by atoms with E-state index >= 15 is 0 Å². The molecule has 0 unspecified atom stereocenters. The quantitative estimate of drug-likeness (QED) is 0.174. The van der Waals surface area contributed by atoms with E-state index in [0.29, 0.717) is 21.9 Å². The van der Waals surface area contributed by atoms with Crippen molar-refractivity contribution < 1.29 is 4.42 Å². The Balaban J connectivity index is 1.23. The second-order valence-corrected chi connectivity index (χ2v) is 13.6. The Hall–Kier alpha value is -7.17. The summed E-state index contributed by atoms with van der Waals surface area (Å²) in [4.78, 5) is 14.5. The Morgan fingerprint density at radius 1 is 0.377 bits per heavy atom. The van der Waals surface area contributed by atoms with E-state index < -0.39 is 0 Å². The Morgan fingerprint density at radius 2 is 1.00 bits per heavy atom. The van der Waals surface area contributed by atoms with Gasteiger partial charge < -0.3 is 13.6 Å². The van der Waals surface area contributed by atoms with Crippen LogP contribution >= 0.6 is 0 Å². The van der Waals surface area contributed by atoms with E-state index in [9.17, 15) is 4.79 Å². The highest BCUT2D eigenvalue weighted by atomic mass is 16.3. The summed E-state index contributed by atoms with van der Waals surface area (Å²) < 4.78 is 11.5. The normalized spacial score (nSPS) is 11.8. The summed E-state index contributed by atoms with van der Waals surface area (Å²) in [5.41, 5.74) is 11.5. The summed E-state index contributed by atoms with van der Waals surface area (Å²) >= 11 is 0. The molecule has 3 aromatic heterocycles. The van der Waals surface area contributed by atoms with Crippen LogP contribution < -0.4 is 5.43 Å². The summed E-state index contributed by atoms with van der Waals surface area (Å²) in [5.74, 6) is 0. The molecule has 0 saturated heterocycles. The molecule has 3 heterocycles. The first-order valence-corrected chi connectivity index (χ1v) is 17.9. The first-order chi connectivity index (χ1) is 26.2. The van der Waals surface area contributed by atoms with Crippen molar-refractivity contribution in [1.29, 1.82) is 0 Å². The third kappa shape index (κ3) is 4.39. The van der Waals surface area contributed by atoms with Crippen LogP contribution in [0.4, 0.5) is 0 Å². The fraction of sp³-hybridized carbons (Fsp3) is 0. The zero-order valence-electron chi connectivity index (χ0n) is 28.5. The molecule has 4 heteroatoms. The Labute approximate surface area is 304 Å². The molecule has 11 aromatic rings. The van der Waals surface area contributed by atoms with E-state index in [1.54, 1.807) is 0 Å². The van der Waals surface area contributed by atoms with Crippen molar-refractivity contribution in [2.24, 2.45) is 0 Å². The van der Waals surface area contributed by atoms with Gasteiger partial charge in [-0.15, -0.1) is 0 Å². The molecule has 4 nitrogen and oxygen atoms in total. The largest absolute Gasteiger partial charge is 0.456 e. The van der Waals surface area contributed by atoms with Crippen molar-refractivity contribution in [1.82, 2.24) is 9.13 Å². The minimum absolute atomic E-state index is 0.0400. The van der Waals surface area contributed by atoms with E-state index in [-0.39, 0.29) is 5.43 Å². The summed E-state index contributed by atoms with van der Waals surface area (Å²) in [6.07, 6.45) is 0. The van der Waals surface area contributed by atoms with E-state index in [1.165, 1.54) is 21.5 Å². The van der Waals surface area contributed by atoms with Crippen LogP contribution in [0.15, 0.2) is 191 Å². The average molecular weight is 679 g/mol. The lowest BCUT2D eigenvalue weighted by Gasteiger charge is -2.13. The predicted molar refractivity (Wildman–Crippen MR) is 220 cm³/mol. The lowest BCUT2D eigenvalue weighted by atomic mass is 9.94. The van der Waals surface area contributed by atoms with Gasteiger partial charge in [0, 0.05) is 39.0 Å². The van der Waals surface area contributed by atoms with Gasteiger partial charge in [0.15, 0.2) is 0 Å². The maximum Gasteiger partial charge on any atom is 0.201 e. The van der Waals surface area contributed by atoms with Gasteiger partial charge in [0.05, 0.1) is 32.8 Å². The fourth-order valence-electron chi connectivity index (χ4n) is 8.38. The molecule has 11 rings (SSSR count). The van der Waals surface area contributed by atoms with Gasteiger partial charge in [0.1, 0.15) is 11.2 Å². The van der Waals surface area contributed by atoms with Crippen LogP contribution in [-0.4, -0.2) is 9.13 Å². The minimum atomic E-state index is -0.0400. The first-order valence-electron chi connectivity index (χ1n) is 17.9. The van der Waals surface area contributed by atoms with Gasteiger partial charge in [-0.25, -0.2) is 0 Å². The van der Waals surface area contributed by atoms with Gasteiger partial charge in [0.2, 0.25) is 5.43 Å². The molecular formula is C49H30N2O2. The maximum atomic E-state index is 14.5. The van der Waals surface area contributed by atoms with E-state index in [4.69, 9.17) is 4.42 Å². The van der Waals surface area contributed by atoms with Crippen LogP contribution in [-0.2, 0) is 0 Å². The fourth-order valence-corrected chi connectivity index (χ4v) is 8.38. The number of hydrogen-bond donors (Lipinski definition) is 0. The SMILES string of the molecule is O=c1c2ccc(-n3c4ccccc4c4ccc5c(c6ccccc6n5-c5ccccc5)c43)cc2oc2cc(-c3ccccc3)cc(-c3ccccc3)c12. The van der Waals surface area contributed by atoms with Gasteiger partial charge in [0.25, 0.3) is 0 Å². The monoisotopic (exact) mass is 678 g/mol. The number of nitrogens with zero attached hydrogens (tertiary/aromatic N) is 2. The first kappa shape index (κ1) is 29.5. The molecule has 0 radical (unpaired) electrons. The van der Waals surface area contributed by atoms with Crippen LogP contribution in [0, 0.1) is 0 Å². The molecule has 53 heavy (non-hydrogen) atoms. The molecule has 0 fully saturated rings. The third-order valence-corrected chi connectivity index (χ3v) is 10.7. The van der Waals surface area contributed by atoms with Crippen molar-refractivity contribution >= 4 is 65.6 Å². The molecule has 0 atom stereocenters. The summed E-state index contributed by atoms with van der Waals surface area (Å²) in [5, 5.41) is 5.84. The van der Waals surface area contributed by atoms with Crippen LogP contribution in [0.1, 0.15) is 0 Å². The lowest BCUT2D eigenvalue weighted by molar-refractivity contribution is 0.660. The molecule has 0 spiro atoms. The zero-order chi connectivity index (χ0) is 35.0. The number of para-hydroxylation sites is 3. The highest BCUT2D eigenvalue weighted by Gasteiger charge is 2.22. The standard InChI is InChI=1S/C49H30N2O2/c52-49-39-25-24-35(30-44(39)53-45-29-33(31-14-4-1-5-15-31)28-40(47(45)49)32-16-6-2-7-17-32)51-41-22-12-10-20-36(41)37-26-27-43-46(48(37)51)38-21-11-13-23-42(38)50(43)34-18-8-3-9-19-34/h1-30H. The maximum absolute atomic E-state index is 14.5. The molecule has 0 amide bonds. The number of benzene rings is 8. The van der Waals surface area contributed by atoms with Gasteiger partial charge in [-0.3, -0.25) is 4.79 Å². The molecule has 0 bridgehead atoms. The van der Waals surface area contributed by atoms with E-state index in [1.807, 2.05) is 66.7 Å². The van der Waals surface area contributed by atoms with Gasteiger partial charge in [-0.05, 0) is 76.9 Å². The van der Waals surface area contributed by atoms with Gasteiger partial charge >= 0.3 is 0 Å². The minimum Gasteiger partial charge on any atom is -0.456 e. The molecule has 0 saturated carbocycles. The molecule has 8 aromatic carbocycles. The number of aromatic nitrogens is 2. The lowest BCUT2D eigenvalue weighted by Crippen LogP contribution is -2.05. The number of fused-ring (bicyclic) bond motifs is 9. The molecule has 0 aliphatic rings. The molecule has 0 aliphatic carbocycles. The Bertz CT molecular complexity index is 3280. The summed E-state index contributed by atoms with van der Waals surface area (Å²) in [7, 11) is 0. The highest BCUT2D eigenvalue weighted by Crippen LogP contribution is 2.42. The zero-order valence-corrected chi connectivity index (χ0v) is 28.5. The molecule has 0 aliphatic heterocycles. The Morgan fingerprint density at radius 3 is 1.75 bits per heavy atom. The van der Waals surface area contributed by atoms with Crippen molar-refractivity contribution in [2.45, 2.75) is 0 Å². The van der Waals surface area contributed by atoms with Crippen LogP contribution in [0.2, 0.25) is 0 Å². The number of rotatable bonds is 4. The van der Waals surface area contributed by atoms with E-state index in [0.717, 1.165) is 55.7 Å². The van der Waals surface area contributed by atoms with Crippen molar-refractivity contribution in [3.8, 4) is 33.6 Å². The van der Waals surface area contributed by atoms with Gasteiger partial charge in [-0.1, -0.05) is 121 Å². The Kier molecular flexibility index (Phi) is 6.37. The highest BCUT2D eigenvalue weighted by molar-refractivity contribution is 6.26. The van der Waals surface area contributed by atoms with Crippen LogP contribution in [0.5, 0.6) is 0 Å². The van der Waals surface area contributed by atoms with Crippen molar-refractivity contribution in [3.63, 3.8) is 0 Å². The molecular weight excluding hydrogens is 649 g/mol. The summed E-state index contributed by atoms with van der Waals surface area (Å²) in [6, 6.07) is 62.8. The van der Waals surface area contributed by atoms with Crippen LogP contribution in [0.3, 0.4) is 0 Å². The van der Waals surface area contributed by atoms with Gasteiger partial charge in [-0.2, -0.15) is 0 Å². The smallest absolute Gasteiger partial charge is 0.201 e. The second-order valence-electron chi connectivity index (χ2n) is 13.6. The summed E-state index contributed by atoms with van der Waals surface area (Å²) in [6.45, 7) is 0. The molecule has 248 valence electrons. The van der Waals surface area contributed by atoms with Crippen molar-refractivity contribution in [3.05, 3.63) is 192 Å². The predicted octanol–water partition coefficient (Wildman–Crippen LogP) is 12.5. The van der Waals surface area contributed by atoms with E-state index in [2.05, 4.69) is 124 Å². The van der Waals surface area contributed by atoms with Crippen LogP contribution in [0.25, 0.3) is 99.2 Å².